The Labute approximate surface area is 174 Å². The molecule has 0 spiro atoms. The highest BCUT2D eigenvalue weighted by Gasteiger charge is 2.22. The first-order valence-corrected chi connectivity index (χ1v) is 11.0. The third-order valence-electron chi connectivity index (χ3n) is 6.15. The highest BCUT2D eigenvalue weighted by molar-refractivity contribution is 5.94. The summed E-state index contributed by atoms with van der Waals surface area (Å²) in [5, 5.41) is 3.02. The van der Waals surface area contributed by atoms with Gasteiger partial charge < -0.3 is 10.1 Å². The fourth-order valence-electron chi connectivity index (χ4n) is 3.93. The smallest absolute Gasteiger partial charge is 0.251 e. The summed E-state index contributed by atoms with van der Waals surface area (Å²) in [5.41, 5.74) is 3.31. The molecule has 29 heavy (non-hydrogen) atoms. The van der Waals surface area contributed by atoms with E-state index >= 15 is 0 Å². The minimum Gasteiger partial charge on any atom is -0.493 e. The predicted octanol–water partition coefficient (Wildman–Crippen LogP) is 4.60. The van der Waals surface area contributed by atoms with E-state index in [1.54, 1.807) is 0 Å². The quantitative estimate of drug-likeness (QED) is 0.678. The minimum absolute atomic E-state index is 0.0296. The monoisotopic (exact) mass is 392 g/mol. The zero-order valence-corrected chi connectivity index (χ0v) is 17.4. The molecule has 1 unspecified atom stereocenters. The van der Waals surface area contributed by atoms with Crippen molar-refractivity contribution >= 4 is 5.91 Å². The molecule has 1 heterocycles. The zero-order valence-electron chi connectivity index (χ0n) is 17.4. The van der Waals surface area contributed by atoms with Gasteiger partial charge in [-0.25, -0.2) is 0 Å². The van der Waals surface area contributed by atoms with Crippen molar-refractivity contribution in [2.45, 2.75) is 45.1 Å². The summed E-state index contributed by atoms with van der Waals surface area (Å²) in [5.74, 6) is 1.55. The van der Waals surface area contributed by atoms with Gasteiger partial charge in [0.2, 0.25) is 0 Å². The Hall–Kier alpha value is -2.33. The molecule has 1 aliphatic heterocycles. The Kier molecular flexibility index (Phi) is 6.50. The lowest BCUT2D eigenvalue weighted by Gasteiger charge is -2.24. The highest BCUT2D eigenvalue weighted by atomic mass is 16.5. The summed E-state index contributed by atoms with van der Waals surface area (Å²) in [6, 6.07) is 16.8. The van der Waals surface area contributed by atoms with Gasteiger partial charge >= 0.3 is 0 Å². The molecule has 2 aromatic rings. The van der Waals surface area contributed by atoms with Crippen LogP contribution >= 0.6 is 0 Å². The third kappa shape index (κ3) is 5.60. The molecular formula is C25H32N2O2. The number of nitrogens with zero attached hydrogens (tertiary/aromatic N) is 1. The molecule has 2 fully saturated rings. The largest absolute Gasteiger partial charge is 0.493 e. The van der Waals surface area contributed by atoms with Gasteiger partial charge in [-0.3, -0.25) is 9.69 Å². The van der Waals surface area contributed by atoms with Crippen molar-refractivity contribution in [1.29, 1.82) is 0 Å². The van der Waals surface area contributed by atoms with Gasteiger partial charge in [-0.2, -0.15) is 0 Å². The van der Waals surface area contributed by atoms with Gasteiger partial charge in [-0.1, -0.05) is 24.3 Å². The fourth-order valence-corrected chi connectivity index (χ4v) is 3.93. The maximum Gasteiger partial charge on any atom is 0.251 e. The van der Waals surface area contributed by atoms with E-state index in [2.05, 4.69) is 41.4 Å². The minimum atomic E-state index is -0.0296. The molecule has 4 nitrogen and oxygen atoms in total. The topological polar surface area (TPSA) is 41.6 Å². The summed E-state index contributed by atoms with van der Waals surface area (Å²) in [6.07, 6.45) is 6.03. The van der Waals surface area contributed by atoms with Crippen LogP contribution in [0.15, 0.2) is 48.5 Å². The van der Waals surface area contributed by atoms with Gasteiger partial charge in [0.15, 0.2) is 0 Å². The summed E-state index contributed by atoms with van der Waals surface area (Å²) in [7, 11) is 0. The summed E-state index contributed by atoms with van der Waals surface area (Å²) in [4.78, 5) is 14.9. The van der Waals surface area contributed by atoms with Crippen molar-refractivity contribution in [3.8, 4) is 5.75 Å². The van der Waals surface area contributed by atoms with Crippen LogP contribution in [0.4, 0.5) is 0 Å². The second-order valence-electron chi connectivity index (χ2n) is 8.45. The Morgan fingerprint density at radius 3 is 2.41 bits per heavy atom. The number of likely N-dealkylation sites (tertiary alicyclic amines) is 1. The maximum atomic E-state index is 12.4. The van der Waals surface area contributed by atoms with Gasteiger partial charge in [0.25, 0.3) is 5.91 Å². The first kappa shape index (κ1) is 20.0. The predicted molar refractivity (Wildman–Crippen MR) is 116 cm³/mol. The van der Waals surface area contributed by atoms with Crippen LogP contribution < -0.4 is 10.1 Å². The number of carbonyl (C=O) groups excluding carboxylic acids is 1. The van der Waals surface area contributed by atoms with Crippen LogP contribution in [-0.2, 0) is 6.42 Å². The maximum absolute atomic E-state index is 12.4. The average Bonchev–Trinajstić information content (AvgIpc) is 3.43. The van der Waals surface area contributed by atoms with Crippen LogP contribution in [0.5, 0.6) is 5.75 Å². The summed E-state index contributed by atoms with van der Waals surface area (Å²) >= 11 is 0. The Morgan fingerprint density at radius 1 is 1.07 bits per heavy atom. The van der Waals surface area contributed by atoms with E-state index in [1.165, 1.54) is 49.9 Å². The Balaban J connectivity index is 1.21. The van der Waals surface area contributed by atoms with Crippen molar-refractivity contribution < 1.29 is 9.53 Å². The normalized spacial score (nSPS) is 17.8. The molecule has 154 valence electrons. The first-order chi connectivity index (χ1) is 14.2. The van der Waals surface area contributed by atoms with E-state index in [4.69, 9.17) is 4.74 Å². The average molecular weight is 393 g/mol. The van der Waals surface area contributed by atoms with E-state index < -0.39 is 0 Å². The third-order valence-corrected chi connectivity index (χ3v) is 6.15. The van der Waals surface area contributed by atoms with Gasteiger partial charge in [0, 0.05) is 18.2 Å². The molecule has 1 aliphatic carbocycles. The van der Waals surface area contributed by atoms with E-state index in [9.17, 15) is 4.79 Å². The van der Waals surface area contributed by atoms with Crippen molar-refractivity contribution in [3.05, 3.63) is 65.2 Å². The molecular weight excluding hydrogens is 360 g/mol. The second kappa shape index (κ2) is 9.45. The Bertz CT molecular complexity index is 791. The van der Waals surface area contributed by atoms with Crippen LogP contribution in [-0.4, -0.2) is 37.0 Å². The molecule has 4 rings (SSSR count). The van der Waals surface area contributed by atoms with E-state index in [0.29, 0.717) is 18.2 Å². The summed E-state index contributed by atoms with van der Waals surface area (Å²) in [6.45, 7) is 6.15. The van der Waals surface area contributed by atoms with Crippen LogP contribution in [0.1, 0.15) is 60.1 Å². The standard InChI is InChI=1S/C25H32N2O2/c1-19(27-16-2-3-17-27)22-8-6-20(7-9-22)14-15-26-25(28)23-10-12-24(13-11-23)29-18-21-4-5-21/h6-13,19,21H,2-5,14-18H2,1H3,(H,26,28). The van der Waals surface area contributed by atoms with Gasteiger partial charge in [-0.05, 0) is 93.4 Å². The SMILES string of the molecule is CC(c1ccc(CCNC(=O)c2ccc(OCC3CC3)cc2)cc1)N1CCCC1. The molecule has 1 saturated heterocycles. The van der Waals surface area contributed by atoms with Crippen LogP contribution in [0, 0.1) is 5.92 Å². The highest BCUT2D eigenvalue weighted by Crippen LogP contribution is 2.29. The Morgan fingerprint density at radius 2 is 1.76 bits per heavy atom. The fraction of sp³-hybridized carbons (Fsp3) is 0.480. The molecule has 1 saturated carbocycles. The molecule has 2 aliphatic rings. The van der Waals surface area contributed by atoms with Gasteiger partial charge in [0.1, 0.15) is 5.75 Å². The van der Waals surface area contributed by atoms with Crippen molar-refractivity contribution in [2.75, 3.05) is 26.2 Å². The number of amides is 1. The number of benzene rings is 2. The number of ether oxygens (including phenoxy) is 1. The number of carbonyl (C=O) groups is 1. The molecule has 4 heteroatoms. The second-order valence-corrected chi connectivity index (χ2v) is 8.45. The number of nitrogens with one attached hydrogen (secondary N) is 1. The number of rotatable bonds is 9. The molecule has 1 amide bonds. The van der Waals surface area contributed by atoms with Crippen LogP contribution in [0.2, 0.25) is 0 Å². The van der Waals surface area contributed by atoms with Gasteiger partial charge in [-0.15, -0.1) is 0 Å². The van der Waals surface area contributed by atoms with E-state index in [-0.39, 0.29) is 5.91 Å². The molecule has 0 bridgehead atoms. The van der Waals surface area contributed by atoms with E-state index in [0.717, 1.165) is 24.7 Å². The molecule has 0 radical (unpaired) electrons. The number of hydrogen-bond acceptors (Lipinski definition) is 3. The molecule has 1 N–H and O–H groups in total. The van der Waals surface area contributed by atoms with Crippen molar-refractivity contribution in [2.24, 2.45) is 5.92 Å². The lowest BCUT2D eigenvalue weighted by molar-refractivity contribution is 0.0954. The lowest BCUT2D eigenvalue weighted by atomic mass is 10.0. The molecule has 2 aromatic carbocycles. The van der Waals surface area contributed by atoms with Crippen molar-refractivity contribution in [3.63, 3.8) is 0 Å². The lowest BCUT2D eigenvalue weighted by Crippen LogP contribution is -2.25. The zero-order chi connectivity index (χ0) is 20.1. The van der Waals surface area contributed by atoms with Gasteiger partial charge in [0.05, 0.1) is 6.61 Å². The molecule has 0 aromatic heterocycles. The number of hydrogen-bond donors (Lipinski definition) is 1. The first-order valence-electron chi connectivity index (χ1n) is 11.0. The van der Waals surface area contributed by atoms with E-state index in [1.807, 2.05) is 24.3 Å². The summed E-state index contributed by atoms with van der Waals surface area (Å²) < 4.78 is 5.73. The molecule has 1 atom stereocenters. The van der Waals surface area contributed by atoms with Crippen molar-refractivity contribution in [1.82, 2.24) is 10.2 Å². The van der Waals surface area contributed by atoms with Crippen LogP contribution in [0.25, 0.3) is 0 Å². The van der Waals surface area contributed by atoms with Crippen LogP contribution in [0.3, 0.4) is 0 Å².